The number of hydrogen-bond donors (Lipinski definition) is 1. The predicted octanol–water partition coefficient (Wildman–Crippen LogP) is 5.95. The van der Waals surface area contributed by atoms with Crippen molar-refractivity contribution in [1.82, 2.24) is 19.3 Å². The van der Waals surface area contributed by atoms with Gasteiger partial charge in [0.1, 0.15) is 28.3 Å². The van der Waals surface area contributed by atoms with Crippen LogP contribution in [0.2, 0.25) is 0 Å². The standard InChI is InChI=1S/C30H34BrN5O4/c1-20-9-10-22(25(15-20)39-3)16-33-28-26-27(31)34-29(35(26)14-13-32-28)23-11-12-24(19-38-2)36(17-23)30(37)40-18-21-7-5-4-6-8-21/h4-10,13-15,23-24H,11-12,16-19H2,1-3H3,(H,32,33)/t23-,24-/m1/s1. The Morgan fingerprint density at radius 3 is 2.75 bits per heavy atom. The summed E-state index contributed by atoms with van der Waals surface area (Å²) in [4.78, 5) is 24.5. The quantitative estimate of drug-likeness (QED) is 0.251. The number of nitrogens with one attached hydrogen (secondary N) is 1. The van der Waals surface area contributed by atoms with E-state index in [1.54, 1.807) is 25.3 Å². The van der Waals surface area contributed by atoms with E-state index in [1.807, 2.05) is 49.5 Å². The van der Waals surface area contributed by atoms with Gasteiger partial charge in [0.15, 0.2) is 5.82 Å². The van der Waals surface area contributed by atoms with E-state index < -0.39 is 0 Å². The lowest BCUT2D eigenvalue weighted by molar-refractivity contribution is 0.0338. The fourth-order valence-electron chi connectivity index (χ4n) is 5.24. The largest absolute Gasteiger partial charge is 0.496 e. The zero-order chi connectivity index (χ0) is 28.1. The van der Waals surface area contributed by atoms with Gasteiger partial charge in [-0.15, -0.1) is 0 Å². The number of halogens is 1. The fourth-order valence-corrected chi connectivity index (χ4v) is 5.80. The van der Waals surface area contributed by atoms with Crippen molar-refractivity contribution in [3.05, 3.63) is 88.0 Å². The van der Waals surface area contributed by atoms with Gasteiger partial charge in [-0.1, -0.05) is 42.5 Å². The molecule has 9 nitrogen and oxygen atoms in total. The third-order valence-corrected chi connectivity index (χ3v) is 7.85. The summed E-state index contributed by atoms with van der Waals surface area (Å²) in [7, 11) is 3.34. The molecule has 210 valence electrons. The first kappa shape index (κ1) is 27.9. The first-order valence-electron chi connectivity index (χ1n) is 13.3. The zero-order valence-corrected chi connectivity index (χ0v) is 24.6. The number of methoxy groups -OCH3 is 2. The Bertz CT molecular complexity index is 1460. The van der Waals surface area contributed by atoms with E-state index in [-0.39, 0.29) is 24.7 Å². The Morgan fingerprint density at radius 1 is 1.15 bits per heavy atom. The number of carbonyl (C=O) groups is 1. The van der Waals surface area contributed by atoms with Gasteiger partial charge in [0.05, 0.1) is 19.8 Å². The molecule has 0 bridgehead atoms. The fraction of sp³-hybridized carbons (Fsp3) is 0.367. The Hall–Kier alpha value is -3.63. The number of ether oxygens (including phenoxy) is 3. The molecule has 1 amide bonds. The molecule has 40 heavy (non-hydrogen) atoms. The molecule has 0 aliphatic carbocycles. The first-order valence-corrected chi connectivity index (χ1v) is 14.1. The van der Waals surface area contributed by atoms with Crippen LogP contribution in [-0.2, 0) is 22.6 Å². The number of likely N-dealkylation sites (tertiary alicyclic amines) is 1. The molecule has 1 N–H and O–H groups in total. The second-order valence-corrected chi connectivity index (χ2v) is 10.8. The normalized spacial score (nSPS) is 17.1. The number of hydrogen-bond acceptors (Lipinski definition) is 7. The van der Waals surface area contributed by atoms with E-state index >= 15 is 0 Å². The summed E-state index contributed by atoms with van der Waals surface area (Å²) in [6.07, 6.45) is 5.00. The predicted molar refractivity (Wildman–Crippen MR) is 157 cm³/mol. The van der Waals surface area contributed by atoms with Gasteiger partial charge < -0.3 is 24.4 Å². The molecule has 10 heteroatoms. The Morgan fingerprint density at radius 2 is 1.98 bits per heavy atom. The average Bonchev–Trinajstić information content (AvgIpc) is 3.33. The molecule has 3 heterocycles. The van der Waals surface area contributed by atoms with Gasteiger partial charge >= 0.3 is 6.09 Å². The van der Waals surface area contributed by atoms with Gasteiger partial charge in [-0.2, -0.15) is 0 Å². The molecule has 1 fully saturated rings. The number of nitrogens with zero attached hydrogens (tertiary/aromatic N) is 4. The van der Waals surface area contributed by atoms with Crippen molar-refractivity contribution in [2.75, 3.05) is 32.7 Å². The highest BCUT2D eigenvalue weighted by Crippen LogP contribution is 2.34. The molecule has 2 aromatic heterocycles. The highest BCUT2D eigenvalue weighted by molar-refractivity contribution is 9.10. The van der Waals surface area contributed by atoms with Gasteiger partial charge in [-0.05, 0) is 52.9 Å². The molecule has 0 saturated carbocycles. The molecule has 1 saturated heterocycles. The van der Waals surface area contributed by atoms with Crippen LogP contribution in [0.4, 0.5) is 10.6 Å². The molecule has 0 unspecified atom stereocenters. The number of imidazole rings is 1. The lowest BCUT2D eigenvalue weighted by Crippen LogP contribution is -2.48. The number of fused-ring (bicyclic) bond motifs is 1. The summed E-state index contributed by atoms with van der Waals surface area (Å²) in [6.45, 7) is 3.76. The molecular formula is C30H34BrN5O4. The number of piperidine rings is 1. The van der Waals surface area contributed by atoms with E-state index in [4.69, 9.17) is 19.2 Å². The van der Waals surface area contributed by atoms with E-state index in [0.717, 1.165) is 46.6 Å². The number of rotatable bonds is 9. The minimum absolute atomic E-state index is 0.0172. The Balaban J connectivity index is 1.36. The molecule has 1 aliphatic rings. The monoisotopic (exact) mass is 607 g/mol. The van der Waals surface area contributed by atoms with Crippen molar-refractivity contribution in [3.63, 3.8) is 0 Å². The van der Waals surface area contributed by atoms with Crippen LogP contribution < -0.4 is 10.1 Å². The van der Waals surface area contributed by atoms with Crippen LogP contribution in [-0.4, -0.2) is 58.8 Å². The zero-order valence-electron chi connectivity index (χ0n) is 23.0. The van der Waals surface area contributed by atoms with E-state index in [2.05, 4.69) is 42.8 Å². The highest BCUT2D eigenvalue weighted by Gasteiger charge is 2.35. The van der Waals surface area contributed by atoms with Gasteiger partial charge in [-0.3, -0.25) is 4.40 Å². The van der Waals surface area contributed by atoms with Crippen molar-refractivity contribution in [2.45, 2.75) is 44.9 Å². The SMILES string of the molecule is COC[C@H]1CC[C@@H](c2nc(Br)c3c(NCc4ccc(C)cc4OC)nccn23)CN1C(=O)OCc1ccccc1. The van der Waals surface area contributed by atoms with Gasteiger partial charge in [-0.25, -0.2) is 14.8 Å². The number of aryl methyl sites for hydroxylation is 1. The molecule has 2 aromatic carbocycles. The third kappa shape index (κ3) is 6.08. The van der Waals surface area contributed by atoms with Crippen LogP contribution in [0.15, 0.2) is 65.5 Å². The van der Waals surface area contributed by atoms with Crippen molar-refractivity contribution in [1.29, 1.82) is 0 Å². The van der Waals surface area contributed by atoms with Crippen LogP contribution in [0.1, 0.15) is 41.3 Å². The Labute approximate surface area is 242 Å². The molecule has 1 aliphatic heterocycles. The number of amides is 1. The summed E-state index contributed by atoms with van der Waals surface area (Å²) in [5.74, 6) is 2.43. The summed E-state index contributed by atoms with van der Waals surface area (Å²) in [5, 5.41) is 3.46. The van der Waals surface area contributed by atoms with Crippen LogP contribution in [0, 0.1) is 6.92 Å². The number of benzene rings is 2. The summed E-state index contributed by atoms with van der Waals surface area (Å²) in [5.41, 5.74) is 3.98. The summed E-state index contributed by atoms with van der Waals surface area (Å²) < 4.78 is 19.5. The van der Waals surface area contributed by atoms with E-state index in [9.17, 15) is 4.79 Å². The molecule has 4 aromatic rings. The first-order chi connectivity index (χ1) is 19.5. The van der Waals surface area contributed by atoms with Crippen LogP contribution >= 0.6 is 15.9 Å². The minimum atomic E-state index is -0.341. The maximum atomic E-state index is 13.2. The molecule has 5 rings (SSSR count). The van der Waals surface area contributed by atoms with Gasteiger partial charge in [0, 0.05) is 44.1 Å². The smallest absolute Gasteiger partial charge is 0.410 e. The molecule has 2 atom stereocenters. The van der Waals surface area contributed by atoms with Crippen molar-refractivity contribution < 1.29 is 19.0 Å². The summed E-state index contributed by atoms with van der Waals surface area (Å²) in [6, 6.07) is 15.8. The van der Waals surface area contributed by atoms with E-state index in [1.165, 1.54) is 0 Å². The second kappa shape index (κ2) is 12.7. The minimum Gasteiger partial charge on any atom is -0.496 e. The molecule has 0 spiro atoms. The third-order valence-electron chi connectivity index (χ3n) is 7.30. The number of aromatic nitrogens is 3. The molecular weight excluding hydrogens is 574 g/mol. The van der Waals surface area contributed by atoms with Gasteiger partial charge in [0.25, 0.3) is 0 Å². The average molecular weight is 609 g/mol. The van der Waals surface area contributed by atoms with Crippen LogP contribution in [0.5, 0.6) is 5.75 Å². The maximum Gasteiger partial charge on any atom is 0.410 e. The number of anilines is 1. The lowest BCUT2D eigenvalue weighted by atomic mass is 9.92. The van der Waals surface area contributed by atoms with E-state index in [0.29, 0.717) is 30.1 Å². The molecule has 0 radical (unpaired) electrons. The summed E-state index contributed by atoms with van der Waals surface area (Å²) >= 11 is 3.67. The second-order valence-electron chi connectivity index (χ2n) is 10.0. The van der Waals surface area contributed by atoms with Gasteiger partial charge in [0.2, 0.25) is 0 Å². The topological polar surface area (TPSA) is 90.2 Å². The van der Waals surface area contributed by atoms with Crippen LogP contribution in [0.25, 0.3) is 5.52 Å². The van der Waals surface area contributed by atoms with Crippen LogP contribution in [0.3, 0.4) is 0 Å². The van der Waals surface area contributed by atoms with Crippen molar-refractivity contribution >= 4 is 33.4 Å². The Kier molecular flexibility index (Phi) is 8.86. The lowest BCUT2D eigenvalue weighted by Gasteiger charge is -2.38. The highest BCUT2D eigenvalue weighted by atomic mass is 79.9. The van der Waals surface area contributed by atoms with Crippen molar-refractivity contribution in [2.24, 2.45) is 0 Å². The number of carbonyl (C=O) groups excluding carboxylic acids is 1. The van der Waals surface area contributed by atoms with Crippen molar-refractivity contribution in [3.8, 4) is 5.75 Å². The maximum absolute atomic E-state index is 13.2.